The van der Waals surface area contributed by atoms with Crippen molar-refractivity contribution in [1.82, 2.24) is 16.0 Å². The molecule has 0 spiro atoms. The minimum absolute atomic E-state index is 0.0899. The first-order valence-electron chi connectivity index (χ1n) is 26.4. The zero-order chi connectivity index (χ0) is 66.5. The molecule has 0 aliphatic rings. The Morgan fingerprint density at radius 1 is 0.489 bits per heavy atom. The van der Waals surface area contributed by atoms with Crippen molar-refractivity contribution in [2.24, 2.45) is 0 Å². The van der Waals surface area contributed by atoms with Crippen molar-refractivity contribution in [3.05, 3.63) is 195 Å². The number of amides is 3. The van der Waals surface area contributed by atoms with Crippen LogP contribution in [0.1, 0.15) is 72.6 Å². The Labute approximate surface area is 533 Å². The Kier molecular flexibility index (Phi) is 23.3. The van der Waals surface area contributed by atoms with Crippen molar-refractivity contribution in [2.45, 2.75) is 52.7 Å². The summed E-state index contributed by atoms with van der Waals surface area (Å²) in [6, 6.07) is 34.6. The van der Waals surface area contributed by atoms with Gasteiger partial charge in [-0.2, -0.15) is 0 Å². The van der Waals surface area contributed by atoms with Crippen LogP contribution in [0, 0.1) is 0 Å². The summed E-state index contributed by atoms with van der Waals surface area (Å²) < 4.78 is 26.3. The van der Waals surface area contributed by atoms with Gasteiger partial charge in [0.05, 0.1) is 20.6 Å². The summed E-state index contributed by atoms with van der Waals surface area (Å²) in [6.45, 7) is 8.53. The monoisotopic (exact) mass is 1360 g/mol. The average molecular weight is 1360 g/mol. The fraction of sp³-hybridized carbons (Fsp3) is 0.177. The highest BCUT2D eigenvalue weighted by Crippen LogP contribution is 2.37. The molecule has 6 aromatic carbocycles. The van der Waals surface area contributed by atoms with Crippen LogP contribution in [0.4, 0.5) is 0 Å². The summed E-state index contributed by atoms with van der Waals surface area (Å²) in [6.07, 6.45) is 0. The second-order valence-electron chi connectivity index (χ2n) is 20.9. The van der Waals surface area contributed by atoms with Crippen LogP contribution >= 0.6 is 50.7 Å². The largest absolute Gasteiger partial charge is 0.506 e. The maximum absolute atomic E-state index is 12.5. The first kappa shape index (κ1) is 69.6. The molecule has 0 aliphatic carbocycles. The fourth-order valence-corrected chi connectivity index (χ4v) is 9.13. The molecule has 0 unspecified atom stereocenters. The lowest BCUT2D eigenvalue weighted by Gasteiger charge is -2.19. The second-order valence-corrected chi connectivity index (χ2v) is 23.0. The number of aromatic hydroxyl groups is 3. The lowest BCUT2D eigenvalue weighted by molar-refractivity contribution is -0.154. The number of halogens is 4. The predicted molar refractivity (Wildman–Crippen MR) is 339 cm³/mol. The molecule has 3 heterocycles. The number of carboxylic acids is 1. The molecule has 0 saturated heterocycles. The third kappa shape index (κ3) is 18.5. The average Bonchev–Trinajstić information content (AvgIpc) is 0.919. The number of carboxylic acid groups (broad SMARTS) is 1. The Morgan fingerprint density at radius 3 is 1.17 bits per heavy atom. The summed E-state index contributed by atoms with van der Waals surface area (Å²) >= 11 is 20.8. The van der Waals surface area contributed by atoms with Crippen molar-refractivity contribution in [1.29, 1.82) is 0 Å². The van der Waals surface area contributed by atoms with Gasteiger partial charge in [0.2, 0.25) is 0 Å². The molecular formula is C62H54BBrCl3N3O20. The summed E-state index contributed by atoms with van der Waals surface area (Å²) in [4.78, 5) is 107. The lowest BCUT2D eigenvalue weighted by Crippen LogP contribution is -2.36. The van der Waals surface area contributed by atoms with Gasteiger partial charge in [-0.05, 0) is 135 Å². The Balaban J connectivity index is 0.000000200. The highest BCUT2D eigenvalue weighted by Gasteiger charge is 2.27. The summed E-state index contributed by atoms with van der Waals surface area (Å²) in [5, 5.41) is 65.7. The first-order valence-corrected chi connectivity index (χ1v) is 28.3. The lowest BCUT2D eigenvalue weighted by atomic mass is 9.81. The molecule has 0 bridgehead atoms. The van der Waals surface area contributed by atoms with Gasteiger partial charge in [-0.25, -0.2) is 14.4 Å². The van der Waals surface area contributed by atoms with Crippen LogP contribution in [-0.2, 0) is 23.9 Å². The zero-order valence-corrected chi connectivity index (χ0v) is 52.1. The van der Waals surface area contributed by atoms with E-state index in [1.165, 1.54) is 24.3 Å². The Hall–Kier alpha value is -9.50. The van der Waals surface area contributed by atoms with Crippen LogP contribution in [0.15, 0.2) is 160 Å². The number of carbonyl (C=O) groups is 6. The Morgan fingerprint density at radius 2 is 0.822 bits per heavy atom. The van der Waals surface area contributed by atoms with E-state index >= 15 is 0 Å². The third-order valence-electron chi connectivity index (χ3n) is 11.8. The van der Waals surface area contributed by atoms with E-state index in [0.717, 1.165) is 0 Å². The van der Waals surface area contributed by atoms with Gasteiger partial charge in [0.25, 0.3) is 17.7 Å². The van der Waals surface area contributed by atoms with Gasteiger partial charge in [0, 0.05) is 26.2 Å². The van der Waals surface area contributed by atoms with Crippen LogP contribution in [0.2, 0.25) is 15.1 Å². The van der Waals surface area contributed by atoms with E-state index in [1.807, 2.05) is 5.32 Å². The molecule has 0 fully saturated rings. The molecule has 90 heavy (non-hydrogen) atoms. The molecule has 28 heteroatoms. The van der Waals surface area contributed by atoms with E-state index in [-0.39, 0.29) is 32.9 Å². The molecule has 9 aromatic rings. The Bertz CT molecular complexity index is 4420. The predicted octanol–water partition coefficient (Wildman–Crippen LogP) is 8.88. The van der Waals surface area contributed by atoms with Crippen LogP contribution in [0.5, 0.6) is 17.2 Å². The normalized spacial score (nSPS) is 10.9. The molecule has 0 atom stereocenters. The number of hydrogen-bond acceptors (Lipinski definition) is 19. The minimum atomic E-state index is -1.43. The number of carbonyl (C=O) groups excluding carboxylic acids is 5. The number of fused-ring (bicyclic) bond motifs is 3. The number of esters is 2. The molecule has 0 aliphatic heterocycles. The summed E-state index contributed by atoms with van der Waals surface area (Å²) in [7, 11) is -1.43. The van der Waals surface area contributed by atoms with Gasteiger partial charge in [-0.15, -0.1) is 0 Å². The molecule has 9 N–H and O–H groups in total. The smallest absolute Gasteiger partial charge is 0.488 e. The van der Waals surface area contributed by atoms with Gasteiger partial charge in [-0.3, -0.25) is 28.8 Å². The van der Waals surface area contributed by atoms with Gasteiger partial charge in [0.1, 0.15) is 59.3 Å². The van der Waals surface area contributed by atoms with E-state index < -0.39 is 124 Å². The van der Waals surface area contributed by atoms with Gasteiger partial charge in [0.15, 0.2) is 22.3 Å². The van der Waals surface area contributed by atoms with Crippen molar-refractivity contribution >= 4 is 132 Å². The maximum atomic E-state index is 12.5. The standard InChI is InChI=1S/C22H20ClNO6.C18H12ClNO6.C16H16BrNO6.C6H6BClO2/c1-22(2,3)30-16(25)11-24-20(27)17-18(26)15-9-5-8-14(19(15)29-21(17)28)12-6-4-7-13(23)10-12;19-10-4-1-3-9(7-10)11-5-2-6-12-15(23)14(18(25)26-16(11)12)17(24)20-8-13(21)22;1-16(2,3)24-10(19)7-18-14(21)11-12(20)8-5-4-6-9(17)13(8)23-15(11)22;8-6-3-1-2-5(4-6)7(9)10/h4-10,26H,11H2,1-3H3,(H,24,27);1-7,23H,8H2,(H,20,24)(H,21,22);4-6,20H,7H2,1-3H3,(H,18,21);1-4,9-10H. The van der Waals surface area contributed by atoms with E-state index in [2.05, 4.69) is 26.6 Å². The van der Waals surface area contributed by atoms with Crippen LogP contribution in [-0.4, -0.2) is 104 Å². The molecule has 468 valence electrons. The number of para-hydroxylation sites is 3. The van der Waals surface area contributed by atoms with Gasteiger partial charge in [-0.1, -0.05) is 102 Å². The molecule has 3 aromatic heterocycles. The van der Waals surface area contributed by atoms with Crippen molar-refractivity contribution in [2.75, 3.05) is 19.6 Å². The molecular weight excluding hydrogens is 1300 g/mol. The minimum Gasteiger partial charge on any atom is -0.506 e. The summed E-state index contributed by atoms with van der Waals surface area (Å²) in [5.74, 6) is -7.15. The van der Waals surface area contributed by atoms with E-state index in [0.29, 0.717) is 47.3 Å². The van der Waals surface area contributed by atoms with Gasteiger partial charge < -0.3 is 69.1 Å². The second kappa shape index (κ2) is 30.1. The van der Waals surface area contributed by atoms with E-state index in [1.54, 1.807) is 145 Å². The van der Waals surface area contributed by atoms with E-state index in [9.17, 15) is 58.5 Å². The molecule has 0 radical (unpaired) electrons. The van der Waals surface area contributed by atoms with E-state index in [4.69, 9.17) is 72.7 Å². The van der Waals surface area contributed by atoms with Crippen LogP contribution in [0.3, 0.4) is 0 Å². The van der Waals surface area contributed by atoms with Crippen molar-refractivity contribution in [3.8, 4) is 39.5 Å². The van der Waals surface area contributed by atoms with Crippen molar-refractivity contribution in [3.63, 3.8) is 0 Å². The van der Waals surface area contributed by atoms with Crippen molar-refractivity contribution < 1.29 is 82.0 Å². The number of ether oxygens (including phenoxy) is 2. The topological polar surface area (TPSA) is 369 Å². The summed E-state index contributed by atoms with van der Waals surface area (Å²) in [5.41, 5.74) is -3.21. The molecule has 23 nitrogen and oxygen atoms in total. The highest BCUT2D eigenvalue weighted by atomic mass is 79.9. The number of rotatable bonds is 12. The zero-order valence-electron chi connectivity index (χ0n) is 48.2. The quantitative estimate of drug-likeness (QED) is 0.0313. The number of nitrogens with one attached hydrogen (secondary N) is 3. The highest BCUT2D eigenvalue weighted by molar-refractivity contribution is 9.10. The molecule has 3 amide bonds. The first-order chi connectivity index (χ1) is 42.2. The maximum Gasteiger partial charge on any atom is 0.488 e. The number of hydrogen-bond donors (Lipinski definition) is 9. The third-order valence-corrected chi connectivity index (χ3v) is 13.1. The fourth-order valence-electron chi connectivity index (χ4n) is 8.11. The molecule has 9 rings (SSSR count). The number of aliphatic carboxylic acids is 1. The van der Waals surface area contributed by atoms with Crippen LogP contribution < -0.4 is 38.3 Å². The van der Waals surface area contributed by atoms with Crippen LogP contribution in [0.25, 0.3) is 55.2 Å². The SMILES string of the molecule is CC(C)(C)OC(=O)CNC(=O)c1c(O)c2cccc(-c3cccc(Cl)c3)c2oc1=O.CC(C)(C)OC(=O)CNC(=O)c1c(O)c2cccc(Br)c2oc1=O.O=C(O)CNC(=O)c1c(O)c2cccc(-c3cccc(Cl)c3)c2oc1=O.OB(O)c1cccc(Cl)c1. The van der Waals surface area contributed by atoms with Gasteiger partial charge >= 0.3 is 41.9 Å². The molecule has 0 saturated carbocycles. The number of benzene rings is 6.